The standard InChI is InChI=1S/C16H15ClN2O2/c1-2-21-15-9-3-12(4-10-15)16(19-20)11-18-14-7-5-13(17)6-8-14/h3-11,20H,2H2,1H3. The first-order valence-corrected chi connectivity index (χ1v) is 6.85. The highest BCUT2D eigenvalue weighted by atomic mass is 35.5. The molecular weight excluding hydrogens is 288 g/mol. The Morgan fingerprint density at radius 1 is 1.14 bits per heavy atom. The van der Waals surface area contributed by atoms with Crippen LogP contribution in [-0.4, -0.2) is 23.7 Å². The monoisotopic (exact) mass is 302 g/mol. The van der Waals surface area contributed by atoms with E-state index in [0.717, 1.165) is 17.0 Å². The third-order valence-corrected chi connectivity index (χ3v) is 2.98. The molecule has 2 aromatic carbocycles. The van der Waals surface area contributed by atoms with Crippen LogP contribution in [0.3, 0.4) is 0 Å². The molecule has 0 aliphatic heterocycles. The van der Waals surface area contributed by atoms with Gasteiger partial charge in [0.15, 0.2) is 0 Å². The smallest absolute Gasteiger partial charge is 0.128 e. The Morgan fingerprint density at radius 2 is 1.81 bits per heavy atom. The maximum absolute atomic E-state index is 9.12. The van der Waals surface area contributed by atoms with Crippen LogP contribution < -0.4 is 4.74 Å². The molecule has 0 saturated heterocycles. The fraction of sp³-hybridized carbons (Fsp3) is 0.125. The Bertz CT molecular complexity index is 634. The van der Waals surface area contributed by atoms with E-state index in [2.05, 4.69) is 10.1 Å². The summed E-state index contributed by atoms with van der Waals surface area (Å²) in [7, 11) is 0. The Morgan fingerprint density at radius 3 is 2.38 bits per heavy atom. The zero-order valence-electron chi connectivity index (χ0n) is 11.5. The van der Waals surface area contributed by atoms with Crippen molar-refractivity contribution in [1.82, 2.24) is 0 Å². The zero-order valence-corrected chi connectivity index (χ0v) is 12.3. The van der Waals surface area contributed by atoms with Crippen LogP contribution in [0.1, 0.15) is 12.5 Å². The maximum atomic E-state index is 9.12. The van der Waals surface area contributed by atoms with Gasteiger partial charge in [0.2, 0.25) is 0 Å². The summed E-state index contributed by atoms with van der Waals surface area (Å²) in [5.74, 6) is 0.771. The van der Waals surface area contributed by atoms with E-state index in [1.54, 1.807) is 24.3 Å². The lowest BCUT2D eigenvalue weighted by molar-refractivity contribution is 0.320. The number of hydrogen-bond acceptors (Lipinski definition) is 4. The minimum atomic E-state index is 0.369. The number of aliphatic imine (C=N–C) groups is 1. The van der Waals surface area contributed by atoms with Crippen LogP contribution in [0.25, 0.3) is 0 Å². The van der Waals surface area contributed by atoms with Gasteiger partial charge in [0.1, 0.15) is 11.5 Å². The molecule has 0 radical (unpaired) electrons. The first kappa shape index (κ1) is 15.1. The van der Waals surface area contributed by atoms with Gasteiger partial charge in [-0.2, -0.15) is 0 Å². The van der Waals surface area contributed by atoms with Crippen molar-refractivity contribution in [2.75, 3.05) is 6.61 Å². The number of halogens is 1. The third kappa shape index (κ3) is 4.33. The van der Waals surface area contributed by atoms with Crippen LogP contribution >= 0.6 is 11.6 Å². The van der Waals surface area contributed by atoms with E-state index in [0.29, 0.717) is 17.3 Å². The van der Waals surface area contributed by atoms with E-state index < -0.39 is 0 Å². The van der Waals surface area contributed by atoms with Crippen molar-refractivity contribution < 1.29 is 9.94 Å². The lowest BCUT2D eigenvalue weighted by atomic mass is 10.1. The lowest BCUT2D eigenvalue weighted by Gasteiger charge is -2.04. The van der Waals surface area contributed by atoms with Gasteiger partial charge in [-0.1, -0.05) is 16.8 Å². The molecule has 5 heteroatoms. The third-order valence-electron chi connectivity index (χ3n) is 2.73. The van der Waals surface area contributed by atoms with Crippen LogP contribution in [0.2, 0.25) is 5.02 Å². The Balaban J connectivity index is 2.14. The summed E-state index contributed by atoms with van der Waals surface area (Å²) in [6.45, 7) is 2.53. The highest BCUT2D eigenvalue weighted by Crippen LogP contribution is 2.16. The second kappa shape index (κ2) is 7.45. The number of oxime groups is 1. The molecule has 0 fully saturated rings. The molecule has 0 aliphatic rings. The van der Waals surface area contributed by atoms with E-state index in [4.69, 9.17) is 21.5 Å². The molecule has 0 aromatic heterocycles. The average molecular weight is 303 g/mol. The molecule has 1 N–H and O–H groups in total. The Kier molecular flexibility index (Phi) is 5.35. The summed E-state index contributed by atoms with van der Waals surface area (Å²) in [4.78, 5) is 4.25. The van der Waals surface area contributed by atoms with Gasteiger partial charge in [-0.25, -0.2) is 0 Å². The molecule has 4 nitrogen and oxygen atoms in total. The quantitative estimate of drug-likeness (QED) is 0.508. The number of benzene rings is 2. The molecule has 21 heavy (non-hydrogen) atoms. The van der Waals surface area contributed by atoms with Crippen molar-refractivity contribution in [3.05, 3.63) is 59.1 Å². The van der Waals surface area contributed by atoms with Gasteiger partial charge >= 0.3 is 0 Å². The lowest BCUT2D eigenvalue weighted by Crippen LogP contribution is -2.02. The molecule has 108 valence electrons. The van der Waals surface area contributed by atoms with Gasteiger partial charge in [0, 0.05) is 10.6 Å². The first-order valence-electron chi connectivity index (χ1n) is 6.48. The van der Waals surface area contributed by atoms with E-state index in [9.17, 15) is 0 Å². The van der Waals surface area contributed by atoms with E-state index in [-0.39, 0.29) is 0 Å². The van der Waals surface area contributed by atoms with Crippen molar-refractivity contribution in [3.8, 4) is 5.75 Å². The second-order valence-corrected chi connectivity index (χ2v) is 4.61. The van der Waals surface area contributed by atoms with Crippen molar-refractivity contribution in [1.29, 1.82) is 0 Å². The molecule has 0 unspecified atom stereocenters. The molecular formula is C16H15ClN2O2. The van der Waals surface area contributed by atoms with Gasteiger partial charge in [-0.15, -0.1) is 0 Å². The number of nitrogens with zero attached hydrogens (tertiary/aromatic N) is 2. The summed E-state index contributed by atoms with van der Waals surface area (Å²) < 4.78 is 5.37. The van der Waals surface area contributed by atoms with Crippen LogP contribution in [0.15, 0.2) is 58.7 Å². The topological polar surface area (TPSA) is 54.2 Å². The van der Waals surface area contributed by atoms with Crippen molar-refractivity contribution in [2.24, 2.45) is 10.1 Å². The summed E-state index contributed by atoms with van der Waals surface area (Å²) in [5, 5.41) is 13.0. The molecule has 0 amide bonds. The Hall–Kier alpha value is -2.33. The molecule has 2 rings (SSSR count). The number of rotatable bonds is 5. The number of ether oxygens (including phenoxy) is 1. The van der Waals surface area contributed by atoms with Crippen LogP contribution in [0.4, 0.5) is 5.69 Å². The van der Waals surface area contributed by atoms with E-state index in [1.165, 1.54) is 6.21 Å². The van der Waals surface area contributed by atoms with Gasteiger partial charge in [0.25, 0.3) is 0 Å². The van der Waals surface area contributed by atoms with Gasteiger partial charge in [0.05, 0.1) is 18.5 Å². The van der Waals surface area contributed by atoms with Gasteiger partial charge in [-0.05, 0) is 55.5 Å². The van der Waals surface area contributed by atoms with E-state index in [1.807, 2.05) is 31.2 Å². The molecule has 0 atom stereocenters. The molecule has 0 saturated carbocycles. The summed E-state index contributed by atoms with van der Waals surface area (Å²) in [5.41, 5.74) is 1.85. The minimum absolute atomic E-state index is 0.369. The van der Waals surface area contributed by atoms with Crippen LogP contribution in [0.5, 0.6) is 5.75 Å². The minimum Gasteiger partial charge on any atom is -0.494 e. The largest absolute Gasteiger partial charge is 0.494 e. The molecule has 0 aliphatic carbocycles. The normalized spacial score (nSPS) is 11.8. The van der Waals surface area contributed by atoms with Gasteiger partial charge < -0.3 is 9.94 Å². The predicted octanol–water partition coefficient (Wildman–Crippen LogP) is 4.32. The van der Waals surface area contributed by atoms with E-state index >= 15 is 0 Å². The molecule has 0 heterocycles. The summed E-state index contributed by atoms with van der Waals surface area (Å²) in [6.07, 6.45) is 1.50. The number of hydrogen-bond donors (Lipinski definition) is 1. The highest BCUT2D eigenvalue weighted by molar-refractivity contribution is 6.38. The predicted molar refractivity (Wildman–Crippen MR) is 85.5 cm³/mol. The molecule has 0 spiro atoms. The summed E-state index contributed by atoms with van der Waals surface area (Å²) in [6, 6.07) is 14.3. The van der Waals surface area contributed by atoms with Crippen molar-refractivity contribution >= 4 is 29.2 Å². The highest BCUT2D eigenvalue weighted by Gasteiger charge is 2.02. The summed E-state index contributed by atoms with van der Waals surface area (Å²) >= 11 is 5.81. The fourth-order valence-electron chi connectivity index (χ4n) is 1.71. The molecule has 2 aromatic rings. The van der Waals surface area contributed by atoms with Crippen LogP contribution in [0, 0.1) is 0 Å². The average Bonchev–Trinajstić information content (AvgIpc) is 2.51. The molecule has 0 bridgehead atoms. The Labute approximate surface area is 128 Å². The van der Waals surface area contributed by atoms with Crippen LogP contribution in [-0.2, 0) is 0 Å². The van der Waals surface area contributed by atoms with Crippen molar-refractivity contribution in [2.45, 2.75) is 6.92 Å². The first-order chi connectivity index (χ1) is 10.2. The maximum Gasteiger partial charge on any atom is 0.128 e. The van der Waals surface area contributed by atoms with Crippen molar-refractivity contribution in [3.63, 3.8) is 0 Å². The fourth-order valence-corrected chi connectivity index (χ4v) is 1.84. The zero-order chi connectivity index (χ0) is 15.1. The van der Waals surface area contributed by atoms with Gasteiger partial charge in [-0.3, -0.25) is 4.99 Å². The second-order valence-electron chi connectivity index (χ2n) is 4.18. The SMILES string of the molecule is CCOc1ccc(C(C=Nc2ccc(Cl)cc2)=NO)cc1.